The van der Waals surface area contributed by atoms with Gasteiger partial charge in [0, 0.05) is 30.4 Å². The summed E-state index contributed by atoms with van der Waals surface area (Å²) in [5, 5.41) is 0. The molecule has 0 aliphatic rings. The van der Waals surface area contributed by atoms with Gasteiger partial charge < -0.3 is 4.74 Å². The molecule has 0 aliphatic carbocycles. The van der Waals surface area contributed by atoms with Gasteiger partial charge in [-0.05, 0) is 36.2 Å². The summed E-state index contributed by atoms with van der Waals surface area (Å²) in [6.45, 7) is 8.30. The SMILES string of the molecule is CC(C)c1ccnc(-c2ccc(Oc3cn4c(C(C)C)ncc4c(=O)n3C)cc2)n1. The molecule has 1 aromatic carbocycles. The van der Waals surface area contributed by atoms with E-state index in [0.717, 1.165) is 17.1 Å². The van der Waals surface area contributed by atoms with E-state index in [-0.39, 0.29) is 11.5 Å². The Bertz CT molecular complexity index is 1250. The predicted molar refractivity (Wildman–Crippen MR) is 116 cm³/mol. The number of imidazole rings is 1. The van der Waals surface area contributed by atoms with E-state index >= 15 is 0 Å². The molecule has 4 aromatic rings. The normalized spacial score (nSPS) is 11.6. The molecular formula is C23H25N5O2. The number of rotatable bonds is 5. The van der Waals surface area contributed by atoms with Gasteiger partial charge in [0.2, 0.25) is 5.88 Å². The zero-order valence-corrected chi connectivity index (χ0v) is 17.8. The highest BCUT2D eigenvalue weighted by atomic mass is 16.5. The molecule has 0 unspecified atom stereocenters. The van der Waals surface area contributed by atoms with Crippen molar-refractivity contribution in [3.63, 3.8) is 0 Å². The maximum Gasteiger partial charge on any atom is 0.279 e. The van der Waals surface area contributed by atoms with Crippen LogP contribution >= 0.6 is 0 Å². The summed E-state index contributed by atoms with van der Waals surface area (Å²) >= 11 is 0. The fourth-order valence-electron chi connectivity index (χ4n) is 3.29. The summed E-state index contributed by atoms with van der Waals surface area (Å²) in [5.41, 5.74) is 2.30. The second-order valence-electron chi connectivity index (χ2n) is 7.94. The van der Waals surface area contributed by atoms with Crippen molar-refractivity contribution in [1.82, 2.24) is 23.9 Å². The maximum absolute atomic E-state index is 12.7. The number of fused-ring (bicyclic) bond motifs is 1. The second-order valence-corrected chi connectivity index (χ2v) is 7.94. The van der Waals surface area contributed by atoms with Gasteiger partial charge in [-0.15, -0.1) is 0 Å². The van der Waals surface area contributed by atoms with Crippen LogP contribution in [0.2, 0.25) is 0 Å². The molecule has 7 nitrogen and oxygen atoms in total. The fourth-order valence-corrected chi connectivity index (χ4v) is 3.29. The molecule has 3 aromatic heterocycles. The molecule has 0 fully saturated rings. The van der Waals surface area contributed by atoms with Crippen LogP contribution in [0.5, 0.6) is 11.6 Å². The Labute approximate surface area is 175 Å². The largest absolute Gasteiger partial charge is 0.439 e. The lowest BCUT2D eigenvalue weighted by molar-refractivity contribution is 0.430. The summed E-state index contributed by atoms with van der Waals surface area (Å²) < 4.78 is 9.33. The lowest BCUT2D eigenvalue weighted by atomic mass is 10.1. The molecular weight excluding hydrogens is 378 g/mol. The van der Waals surface area contributed by atoms with Crippen molar-refractivity contribution >= 4 is 5.52 Å². The summed E-state index contributed by atoms with van der Waals surface area (Å²) in [5.74, 6) is 3.10. The minimum Gasteiger partial charge on any atom is -0.439 e. The van der Waals surface area contributed by atoms with Gasteiger partial charge in [0.15, 0.2) is 5.82 Å². The Kier molecular flexibility index (Phi) is 5.11. The fraction of sp³-hybridized carbons (Fsp3) is 0.304. The second kappa shape index (κ2) is 7.74. The van der Waals surface area contributed by atoms with Gasteiger partial charge in [-0.2, -0.15) is 0 Å². The number of aromatic nitrogens is 5. The Morgan fingerprint density at radius 3 is 2.37 bits per heavy atom. The van der Waals surface area contributed by atoms with Crippen LogP contribution < -0.4 is 10.3 Å². The zero-order chi connectivity index (χ0) is 21.4. The first-order valence-corrected chi connectivity index (χ1v) is 10.0. The van der Waals surface area contributed by atoms with Crippen molar-refractivity contribution in [3.8, 4) is 23.0 Å². The van der Waals surface area contributed by atoms with Crippen molar-refractivity contribution in [3.05, 3.63) is 70.8 Å². The third kappa shape index (κ3) is 3.58. The molecule has 0 amide bonds. The van der Waals surface area contributed by atoms with Crippen LogP contribution in [-0.2, 0) is 7.05 Å². The summed E-state index contributed by atoms with van der Waals surface area (Å²) in [7, 11) is 1.69. The van der Waals surface area contributed by atoms with Crippen LogP contribution in [0, 0.1) is 0 Å². The first-order chi connectivity index (χ1) is 14.3. The van der Waals surface area contributed by atoms with Crippen molar-refractivity contribution in [2.45, 2.75) is 39.5 Å². The minimum absolute atomic E-state index is 0.151. The van der Waals surface area contributed by atoms with Gasteiger partial charge in [-0.3, -0.25) is 13.8 Å². The highest BCUT2D eigenvalue weighted by Crippen LogP contribution is 2.25. The molecule has 3 heterocycles. The van der Waals surface area contributed by atoms with E-state index in [1.54, 1.807) is 19.4 Å². The van der Waals surface area contributed by atoms with Crippen molar-refractivity contribution in [2.75, 3.05) is 0 Å². The minimum atomic E-state index is -0.151. The lowest BCUT2D eigenvalue weighted by Gasteiger charge is -2.13. The van der Waals surface area contributed by atoms with Crippen LogP contribution in [0.1, 0.15) is 51.0 Å². The molecule has 154 valence electrons. The monoisotopic (exact) mass is 403 g/mol. The van der Waals surface area contributed by atoms with E-state index in [0.29, 0.717) is 28.9 Å². The lowest BCUT2D eigenvalue weighted by Crippen LogP contribution is -2.20. The first kappa shape index (κ1) is 19.8. The van der Waals surface area contributed by atoms with E-state index in [1.165, 1.54) is 4.57 Å². The smallest absolute Gasteiger partial charge is 0.279 e. The van der Waals surface area contributed by atoms with Crippen molar-refractivity contribution in [1.29, 1.82) is 0 Å². The van der Waals surface area contributed by atoms with Crippen LogP contribution in [0.25, 0.3) is 16.9 Å². The van der Waals surface area contributed by atoms with E-state index in [4.69, 9.17) is 4.74 Å². The molecule has 0 saturated heterocycles. The quantitative estimate of drug-likeness (QED) is 0.489. The van der Waals surface area contributed by atoms with Gasteiger partial charge in [0.05, 0.1) is 12.4 Å². The summed E-state index contributed by atoms with van der Waals surface area (Å²) in [6, 6.07) is 9.48. The van der Waals surface area contributed by atoms with Gasteiger partial charge >= 0.3 is 0 Å². The summed E-state index contributed by atoms with van der Waals surface area (Å²) in [4.78, 5) is 26.1. The summed E-state index contributed by atoms with van der Waals surface area (Å²) in [6.07, 6.45) is 5.20. The molecule has 7 heteroatoms. The molecule has 0 aliphatic heterocycles. The topological polar surface area (TPSA) is 74.3 Å². The Morgan fingerprint density at radius 1 is 0.967 bits per heavy atom. The van der Waals surface area contributed by atoms with Gasteiger partial charge in [-0.1, -0.05) is 27.7 Å². The highest BCUT2D eigenvalue weighted by molar-refractivity contribution is 5.56. The standard InChI is InChI=1S/C23H25N5O2/c1-14(2)18-10-11-24-21(26-18)16-6-8-17(9-7-16)30-20-13-28-19(23(29)27(20)5)12-25-22(28)15(3)4/h6-15H,1-5H3. The van der Waals surface area contributed by atoms with Crippen LogP contribution in [0.4, 0.5) is 0 Å². The number of nitrogens with zero attached hydrogens (tertiary/aromatic N) is 5. The van der Waals surface area contributed by atoms with Crippen molar-refractivity contribution < 1.29 is 4.74 Å². The van der Waals surface area contributed by atoms with Crippen molar-refractivity contribution in [2.24, 2.45) is 7.05 Å². The molecule has 0 N–H and O–H groups in total. The van der Waals surface area contributed by atoms with E-state index in [2.05, 4.69) is 28.8 Å². The molecule has 4 rings (SSSR count). The van der Waals surface area contributed by atoms with E-state index < -0.39 is 0 Å². The number of ether oxygens (including phenoxy) is 1. The third-order valence-electron chi connectivity index (χ3n) is 5.04. The number of hydrogen-bond acceptors (Lipinski definition) is 5. The zero-order valence-electron chi connectivity index (χ0n) is 17.8. The molecule has 0 atom stereocenters. The Balaban J connectivity index is 1.66. The highest BCUT2D eigenvalue weighted by Gasteiger charge is 2.15. The van der Waals surface area contributed by atoms with Gasteiger partial charge in [0.1, 0.15) is 17.1 Å². The molecule has 0 radical (unpaired) electrons. The van der Waals surface area contributed by atoms with Crippen LogP contribution in [-0.4, -0.2) is 23.9 Å². The Hall–Kier alpha value is -3.48. The van der Waals surface area contributed by atoms with E-state index in [1.807, 2.05) is 54.8 Å². The molecule has 0 saturated carbocycles. The molecule has 0 bridgehead atoms. The average molecular weight is 403 g/mol. The molecule has 0 spiro atoms. The Morgan fingerprint density at radius 2 is 1.70 bits per heavy atom. The predicted octanol–water partition coefficient (Wildman–Crippen LogP) is 4.53. The average Bonchev–Trinajstić information content (AvgIpc) is 3.16. The van der Waals surface area contributed by atoms with Gasteiger partial charge in [0.25, 0.3) is 5.56 Å². The van der Waals surface area contributed by atoms with E-state index in [9.17, 15) is 4.79 Å². The number of benzene rings is 1. The van der Waals surface area contributed by atoms with Crippen LogP contribution in [0.15, 0.2) is 53.7 Å². The molecule has 30 heavy (non-hydrogen) atoms. The maximum atomic E-state index is 12.7. The van der Waals surface area contributed by atoms with Crippen LogP contribution in [0.3, 0.4) is 0 Å². The first-order valence-electron chi connectivity index (χ1n) is 10.0. The number of hydrogen-bond donors (Lipinski definition) is 0. The third-order valence-corrected chi connectivity index (χ3v) is 5.04. The van der Waals surface area contributed by atoms with Gasteiger partial charge in [-0.25, -0.2) is 15.0 Å².